The number of nitrogens with zero attached hydrogens (tertiary/aromatic N) is 1. The molecule has 1 unspecified atom stereocenters. The fourth-order valence-electron chi connectivity index (χ4n) is 2.62. The van der Waals surface area contributed by atoms with Crippen molar-refractivity contribution in [2.45, 2.75) is 19.3 Å². The average Bonchev–Trinajstić information content (AvgIpc) is 3.06. The Morgan fingerprint density at radius 3 is 2.39 bits per heavy atom. The highest BCUT2D eigenvalue weighted by Crippen LogP contribution is 2.23. The SMILES string of the molecule is CCC(C(=O)Nc1cc(-c2ccccc2)[nH]n1)c1ccccc1. The summed E-state index contributed by atoms with van der Waals surface area (Å²) in [7, 11) is 0. The maximum absolute atomic E-state index is 12.5. The first-order valence-electron chi connectivity index (χ1n) is 7.74. The number of benzene rings is 2. The summed E-state index contributed by atoms with van der Waals surface area (Å²) in [6.07, 6.45) is 0.742. The Bertz CT molecular complexity index is 766. The molecular weight excluding hydrogens is 286 g/mol. The van der Waals surface area contributed by atoms with E-state index in [1.165, 1.54) is 0 Å². The van der Waals surface area contributed by atoms with Crippen molar-refractivity contribution in [1.29, 1.82) is 0 Å². The third-order valence-corrected chi connectivity index (χ3v) is 3.84. The van der Waals surface area contributed by atoms with Gasteiger partial charge in [-0.05, 0) is 17.5 Å². The molecule has 2 N–H and O–H groups in total. The van der Waals surface area contributed by atoms with Gasteiger partial charge in [-0.2, -0.15) is 5.10 Å². The summed E-state index contributed by atoms with van der Waals surface area (Å²) in [6.45, 7) is 2.01. The first-order chi connectivity index (χ1) is 11.3. The highest BCUT2D eigenvalue weighted by molar-refractivity contribution is 5.95. The number of anilines is 1. The lowest BCUT2D eigenvalue weighted by molar-refractivity contribution is -0.117. The monoisotopic (exact) mass is 305 g/mol. The number of amides is 1. The van der Waals surface area contributed by atoms with Crippen molar-refractivity contribution >= 4 is 11.7 Å². The molecule has 0 radical (unpaired) electrons. The maximum atomic E-state index is 12.5. The molecule has 0 aliphatic carbocycles. The molecule has 0 fully saturated rings. The van der Waals surface area contributed by atoms with Crippen molar-refractivity contribution in [2.24, 2.45) is 0 Å². The summed E-state index contributed by atoms with van der Waals surface area (Å²) in [5.74, 6) is 0.334. The molecule has 1 heterocycles. The summed E-state index contributed by atoms with van der Waals surface area (Å²) < 4.78 is 0. The predicted molar refractivity (Wildman–Crippen MR) is 92.1 cm³/mol. The Labute approximate surface area is 135 Å². The summed E-state index contributed by atoms with van der Waals surface area (Å²) in [5, 5.41) is 10.0. The summed E-state index contributed by atoms with van der Waals surface area (Å²) in [5.41, 5.74) is 2.94. The van der Waals surface area contributed by atoms with Gasteiger partial charge in [0, 0.05) is 6.07 Å². The van der Waals surface area contributed by atoms with Gasteiger partial charge in [-0.15, -0.1) is 0 Å². The molecule has 1 amide bonds. The fourth-order valence-corrected chi connectivity index (χ4v) is 2.62. The Hall–Kier alpha value is -2.88. The third kappa shape index (κ3) is 3.48. The third-order valence-electron chi connectivity index (χ3n) is 3.84. The van der Waals surface area contributed by atoms with Crippen LogP contribution >= 0.6 is 0 Å². The van der Waals surface area contributed by atoms with Crippen LogP contribution in [0.4, 0.5) is 5.82 Å². The molecule has 1 atom stereocenters. The lowest BCUT2D eigenvalue weighted by Gasteiger charge is -2.14. The van der Waals surface area contributed by atoms with E-state index in [1.54, 1.807) is 0 Å². The van der Waals surface area contributed by atoms with Gasteiger partial charge in [0.2, 0.25) is 5.91 Å². The molecule has 4 heteroatoms. The molecule has 0 aliphatic rings. The Kier molecular flexibility index (Phi) is 4.52. The van der Waals surface area contributed by atoms with E-state index in [0.717, 1.165) is 23.2 Å². The summed E-state index contributed by atoms with van der Waals surface area (Å²) in [4.78, 5) is 12.5. The van der Waals surface area contributed by atoms with Crippen LogP contribution in [0.2, 0.25) is 0 Å². The zero-order valence-corrected chi connectivity index (χ0v) is 13.0. The molecule has 0 spiro atoms. The van der Waals surface area contributed by atoms with Crippen molar-refractivity contribution in [2.75, 3.05) is 5.32 Å². The first-order valence-corrected chi connectivity index (χ1v) is 7.74. The fraction of sp³-hybridized carbons (Fsp3) is 0.158. The molecule has 116 valence electrons. The van der Waals surface area contributed by atoms with Crippen LogP contribution in [0.15, 0.2) is 66.7 Å². The van der Waals surface area contributed by atoms with Crippen LogP contribution in [0.5, 0.6) is 0 Å². The zero-order valence-electron chi connectivity index (χ0n) is 13.0. The molecule has 0 saturated carbocycles. The van der Waals surface area contributed by atoms with E-state index in [2.05, 4.69) is 15.5 Å². The predicted octanol–water partition coefficient (Wildman–Crippen LogP) is 4.21. The molecule has 2 aromatic carbocycles. The van der Waals surface area contributed by atoms with Gasteiger partial charge in [0.05, 0.1) is 11.6 Å². The number of hydrogen-bond donors (Lipinski definition) is 2. The van der Waals surface area contributed by atoms with E-state index >= 15 is 0 Å². The highest BCUT2D eigenvalue weighted by Gasteiger charge is 2.19. The maximum Gasteiger partial charge on any atom is 0.233 e. The van der Waals surface area contributed by atoms with E-state index in [-0.39, 0.29) is 11.8 Å². The smallest absolute Gasteiger partial charge is 0.233 e. The van der Waals surface area contributed by atoms with Crippen LogP contribution < -0.4 is 5.32 Å². The number of hydrogen-bond acceptors (Lipinski definition) is 2. The van der Waals surface area contributed by atoms with Crippen molar-refractivity contribution < 1.29 is 4.79 Å². The van der Waals surface area contributed by atoms with Gasteiger partial charge in [0.15, 0.2) is 5.82 Å². The number of aromatic amines is 1. The Balaban J connectivity index is 1.74. The topological polar surface area (TPSA) is 57.8 Å². The largest absolute Gasteiger partial charge is 0.309 e. The lowest BCUT2D eigenvalue weighted by atomic mass is 9.96. The van der Waals surface area contributed by atoms with Crippen LogP contribution in [0, 0.1) is 0 Å². The highest BCUT2D eigenvalue weighted by atomic mass is 16.1. The van der Waals surface area contributed by atoms with Crippen LogP contribution in [0.1, 0.15) is 24.8 Å². The van der Waals surface area contributed by atoms with Gasteiger partial charge >= 0.3 is 0 Å². The Morgan fingerprint density at radius 1 is 1.09 bits per heavy atom. The van der Waals surface area contributed by atoms with Gasteiger partial charge in [0.1, 0.15) is 0 Å². The molecule has 4 nitrogen and oxygen atoms in total. The van der Waals surface area contributed by atoms with Crippen LogP contribution in [0.25, 0.3) is 11.3 Å². The number of rotatable bonds is 5. The lowest BCUT2D eigenvalue weighted by Crippen LogP contribution is -2.20. The minimum atomic E-state index is -0.173. The summed E-state index contributed by atoms with van der Waals surface area (Å²) >= 11 is 0. The molecular formula is C19H19N3O. The minimum Gasteiger partial charge on any atom is -0.309 e. The van der Waals surface area contributed by atoms with Crippen molar-refractivity contribution in [3.05, 3.63) is 72.3 Å². The standard InChI is InChI=1S/C19H19N3O/c1-2-16(14-9-5-3-6-10-14)19(23)20-18-13-17(21-22-18)15-11-7-4-8-12-15/h3-13,16H,2H2,1H3,(H2,20,21,22,23). The van der Waals surface area contributed by atoms with E-state index in [0.29, 0.717) is 5.82 Å². The second kappa shape index (κ2) is 6.92. The summed E-state index contributed by atoms with van der Waals surface area (Å²) in [6, 6.07) is 21.6. The second-order valence-electron chi connectivity index (χ2n) is 5.39. The van der Waals surface area contributed by atoms with Crippen LogP contribution in [-0.4, -0.2) is 16.1 Å². The molecule has 1 aromatic heterocycles. The van der Waals surface area contributed by atoms with Crippen LogP contribution in [0.3, 0.4) is 0 Å². The number of nitrogens with one attached hydrogen (secondary N) is 2. The molecule has 0 saturated heterocycles. The molecule has 3 aromatic rings. The number of aromatic nitrogens is 2. The minimum absolute atomic E-state index is 0.0372. The van der Waals surface area contributed by atoms with Gasteiger partial charge in [-0.25, -0.2) is 0 Å². The van der Waals surface area contributed by atoms with Gasteiger partial charge in [-0.1, -0.05) is 67.6 Å². The normalized spacial score (nSPS) is 11.9. The number of carbonyl (C=O) groups is 1. The van der Waals surface area contributed by atoms with Crippen molar-refractivity contribution in [3.8, 4) is 11.3 Å². The molecule has 0 aliphatic heterocycles. The molecule has 23 heavy (non-hydrogen) atoms. The Morgan fingerprint density at radius 2 is 1.74 bits per heavy atom. The average molecular weight is 305 g/mol. The van der Waals surface area contributed by atoms with Gasteiger partial charge in [0.25, 0.3) is 0 Å². The second-order valence-corrected chi connectivity index (χ2v) is 5.39. The van der Waals surface area contributed by atoms with Crippen molar-refractivity contribution in [1.82, 2.24) is 10.2 Å². The van der Waals surface area contributed by atoms with Gasteiger partial charge < -0.3 is 5.32 Å². The van der Waals surface area contributed by atoms with Crippen LogP contribution in [-0.2, 0) is 4.79 Å². The zero-order chi connectivity index (χ0) is 16.1. The van der Waals surface area contributed by atoms with E-state index < -0.39 is 0 Å². The van der Waals surface area contributed by atoms with E-state index in [1.807, 2.05) is 73.7 Å². The number of H-pyrrole nitrogens is 1. The number of carbonyl (C=O) groups excluding carboxylic acids is 1. The van der Waals surface area contributed by atoms with Crippen molar-refractivity contribution in [3.63, 3.8) is 0 Å². The molecule has 3 rings (SSSR count). The van der Waals surface area contributed by atoms with E-state index in [9.17, 15) is 4.79 Å². The van der Waals surface area contributed by atoms with E-state index in [4.69, 9.17) is 0 Å². The van der Waals surface area contributed by atoms with Gasteiger partial charge in [-0.3, -0.25) is 9.89 Å². The molecule has 0 bridgehead atoms. The quantitative estimate of drug-likeness (QED) is 0.742. The first kappa shape index (κ1) is 15.0.